The number of sulfonamides is 1. The number of carbonyl (C=O) groups excluding carboxylic acids is 1. The van der Waals surface area contributed by atoms with Gasteiger partial charge in [0, 0.05) is 12.2 Å². The van der Waals surface area contributed by atoms with E-state index < -0.39 is 27.3 Å². The zero-order chi connectivity index (χ0) is 21.5. The lowest BCUT2D eigenvalue weighted by Gasteiger charge is -2.20. The number of nitrogens with one attached hydrogen (secondary N) is 1. The van der Waals surface area contributed by atoms with Crippen LogP contribution in [0.1, 0.15) is 15.9 Å². The van der Waals surface area contributed by atoms with E-state index in [0.717, 1.165) is 23.8 Å². The highest BCUT2D eigenvalue weighted by Crippen LogP contribution is 2.33. The quantitative estimate of drug-likeness (QED) is 0.581. The molecule has 0 unspecified atom stereocenters. The molecule has 0 bridgehead atoms. The number of fused-ring (bicyclic) bond motifs is 1. The van der Waals surface area contributed by atoms with Gasteiger partial charge in [0.05, 0.1) is 26.2 Å². The van der Waals surface area contributed by atoms with Gasteiger partial charge < -0.3 is 5.32 Å². The average molecular weight is 465 g/mol. The number of para-hydroxylation sites is 1. The molecule has 1 heterocycles. The first-order chi connectivity index (χ1) is 14.3. The molecule has 0 spiro atoms. The van der Waals surface area contributed by atoms with Crippen LogP contribution in [0.15, 0.2) is 65.6 Å². The SMILES string of the molecule is O=C(Nc1ccc(Cl)c(Cl)c1)c1cc(S(=O)(=O)N2CCc3ccccc32)ccc1F. The number of amides is 1. The summed E-state index contributed by atoms with van der Waals surface area (Å²) in [6, 6.07) is 14.8. The molecular formula is C21H15Cl2FN2O3S. The predicted octanol–water partition coefficient (Wildman–Crippen LogP) is 5.14. The second kappa shape index (κ2) is 7.91. The molecule has 0 saturated carbocycles. The van der Waals surface area contributed by atoms with Crippen molar-refractivity contribution in [1.82, 2.24) is 0 Å². The molecule has 9 heteroatoms. The fourth-order valence-corrected chi connectivity index (χ4v) is 5.12. The highest BCUT2D eigenvalue weighted by atomic mass is 35.5. The number of benzene rings is 3. The molecule has 1 amide bonds. The van der Waals surface area contributed by atoms with Crippen molar-refractivity contribution in [3.05, 3.63) is 87.7 Å². The number of hydrogen-bond acceptors (Lipinski definition) is 3. The topological polar surface area (TPSA) is 66.5 Å². The molecule has 0 radical (unpaired) electrons. The van der Waals surface area contributed by atoms with E-state index in [2.05, 4.69) is 5.32 Å². The Morgan fingerprint density at radius 3 is 2.53 bits per heavy atom. The molecule has 5 nitrogen and oxygen atoms in total. The third kappa shape index (κ3) is 3.76. The summed E-state index contributed by atoms with van der Waals surface area (Å²) in [7, 11) is -3.96. The summed E-state index contributed by atoms with van der Waals surface area (Å²) in [4.78, 5) is 12.4. The van der Waals surface area contributed by atoms with Crippen LogP contribution in [0.3, 0.4) is 0 Å². The first kappa shape index (κ1) is 20.7. The molecule has 0 aromatic heterocycles. The minimum Gasteiger partial charge on any atom is -0.322 e. The maximum atomic E-state index is 14.4. The zero-order valence-corrected chi connectivity index (χ0v) is 17.7. The van der Waals surface area contributed by atoms with Gasteiger partial charge in [0.25, 0.3) is 15.9 Å². The molecule has 0 saturated heterocycles. The van der Waals surface area contributed by atoms with Crippen LogP contribution >= 0.6 is 23.2 Å². The first-order valence-electron chi connectivity index (χ1n) is 8.94. The number of halogens is 3. The monoisotopic (exact) mass is 464 g/mol. The third-order valence-electron chi connectivity index (χ3n) is 4.79. The molecule has 0 aliphatic carbocycles. The predicted molar refractivity (Wildman–Crippen MR) is 115 cm³/mol. The van der Waals surface area contributed by atoms with Gasteiger partial charge in [0.15, 0.2) is 0 Å². The fourth-order valence-electron chi connectivity index (χ4n) is 3.30. The minimum absolute atomic E-state index is 0.167. The maximum Gasteiger partial charge on any atom is 0.264 e. The summed E-state index contributed by atoms with van der Waals surface area (Å²) in [6.07, 6.45) is 0.585. The van der Waals surface area contributed by atoms with Gasteiger partial charge in [-0.15, -0.1) is 0 Å². The van der Waals surface area contributed by atoms with Crippen LogP contribution in [-0.4, -0.2) is 20.9 Å². The second-order valence-corrected chi connectivity index (χ2v) is 9.36. The van der Waals surface area contributed by atoms with E-state index in [1.165, 1.54) is 22.5 Å². The van der Waals surface area contributed by atoms with Crippen LogP contribution in [0.4, 0.5) is 15.8 Å². The van der Waals surface area contributed by atoms with Gasteiger partial charge in [-0.25, -0.2) is 12.8 Å². The van der Waals surface area contributed by atoms with E-state index in [1.54, 1.807) is 12.1 Å². The van der Waals surface area contributed by atoms with Gasteiger partial charge in [0.1, 0.15) is 5.82 Å². The van der Waals surface area contributed by atoms with Crippen LogP contribution < -0.4 is 9.62 Å². The molecule has 3 aromatic rings. The van der Waals surface area contributed by atoms with E-state index in [9.17, 15) is 17.6 Å². The van der Waals surface area contributed by atoms with Crippen molar-refractivity contribution in [3.63, 3.8) is 0 Å². The maximum absolute atomic E-state index is 14.4. The molecule has 0 fully saturated rings. The number of anilines is 2. The Bertz CT molecular complexity index is 1260. The number of rotatable bonds is 4. The van der Waals surface area contributed by atoms with Crippen LogP contribution in [-0.2, 0) is 16.4 Å². The highest BCUT2D eigenvalue weighted by molar-refractivity contribution is 7.92. The van der Waals surface area contributed by atoms with Gasteiger partial charge in [-0.3, -0.25) is 9.10 Å². The second-order valence-electron chi connectivity index (χ2n) is 6.68. The molecule has 4 rings (SSSR count). The smallest absolute Gasteiger partial charge is 0.264 e. The fraction of sp³-hybridized carbons (Fsp3) is 0.0952. The Morgan fingerprint density at radius 1 is 1.00 bits per heavy atom. The minimum atomic E-state index is -3.96. The summed E-state index contributed by atoms with van der Waals surface area (Å²) >= 11 is 11.8. The Hall–Kier alpha value is -2.61. The van der Waals surface area contributed by atoms with Crippen molar-refractivity contribution in [1.29, 1.82) is 0 Å². The normalized spacial score (nSPS) is 13.2. The van der Waals surface area contributed by atoms with E-state index in [1.807, 2.05) is 12.1 Å². The van der Waals surface area contributed by atoms with Crippen molar-refractivity contribution < 1.29 is 17.6 Å². The van der Waals surface area contributed by atoms with Crippen LogP contribution in [0.5, 0.6) is 0 Å². The van der Waals surface area contributed by atoms with Crippen molar-refractivity contribution in [2.24, 2.45) is 0 Å². The molecular weight excluding hydrogens is 450 g/mol. The van der Waals surface area contributed by atoms with Gasteiger partial charge in [0.2, 0.25) is 0 Å². The Morgan fingerprint density at radius 2 is 1.77 bits per heavy atom. The van der Waals surface area contributed by atoms with Crippen molar-refractivity contribution in [2.75, 3.05) is 16.2 Å². The van der Waals surface area contributed by atoms with E-state index in [-0.39, 0.29) is 16.5 Å². The van der Waals surface area contributed by atoms with Crippen molar-refractivity contribution in [3.8, 4) is 0 Å². The number of carbonyl (C=O) groups is 1. The molecule has 1 aliphatic rings. The lowest BCUT2D eigenvalue weighted by Crippen LogP contribution is -2.29. The highest BCUT2D eigenvalue weighted by Gasteiger charge is 2.31. The number of nitrogens with zero attached hydrogens (tertiary/aromatic N) is 1. The van der Waals surface area contributed by atoms with Crippen LogP contribution in [0.2, 0.25) is 10.0 Å². The number of hydrogen-bond donors (Lipinski definition) is 1. The van der Waals surface area contributed by atoms with E-state index >= 15 is 0 Å². The lowest BCUT2D eigenvalue weighted by atomic mass is 10.2. The largest absolute Gasteiger partial charge is 0.322 e. The van der Waals surface area contributed by atoms with Crippen molar-refractivity contribution >= 4 is 50.5 Å². The molecule has 1 aliphatic heterocycles. The Balaban J connectivity index is 1.66. The van der Waals surface area contributed by atoms with E-state index in [0.29, 0.717) is 22.8 Å². The standard InChI is InChI=1S/C21H15Cl2FN2O3S/c22-17-7-5-14(11-18(17)23)25-21(27)16-12-15(6-8-19(16)24)30(28,29)26-10-9-13-3-1-2-4-20(13)26/h1-8,11-12H,9-10H2,(H,25,27). The molecule has 1 N–H and O–H groups in total. The summed E-state index contributed by atoms with van der Waals surface area (Å²) < 4.78 is 42.0. The van der Waals surface area contributed by atoms with Gasteiger partial charge in [-0.2, -0.15) is 0 Å². The summed E-state index contributed by atoms with van der Waals surface area (Å²) in [5, 5.41) is 3.03. The van der Waals surface area contributed by atoms with Crippen molar-refractivity contribution in [2.45, 2.75) is 11.3 Å². The Labute approximate surface area is 183 Å². The first-order valence-corrected chi connectivity index (χ1v) is 11.1. The van der Waals surface area contributed by atoms with Gasteiger partial charge in [-0.1, -0.05) is 41.4 Å². The molecule has 30 heavy (non-hydrogen) atoms. The Kier molecular flexibility index (Phi) is 5.44. The summed E-state index contributed by atoms with van der Waals surface area (Å²) in [6.45, 7) is 0.282. The van der Waals surface area contributed by atoms with Crippen LogP contribution in [0.25, 0.3) is 0 Å². The van der Waals surface area contributed by atoms with Gasteiger partial charge >= 0.3 is 0 Å². The molecule has 3 aromatic carbocycles. The third-order valence-corrected chi connectivity index (χ3v) is 7.34. The van der Waals surface area contributed by atoms with Gasteiger partial charge in [-0.05, 0) is 54.4 Å². The summed E-state index contributed by atoms with van der Waals surface area (Å²) in [5.41, 5.74) is 1.41. The van der Waals surface area contributed by atoms with E-state index in [4.69, 9.17) is 23.2 Å². The van der Waals surface area contributed by atoms with Crippen LogP contribution in [0, 0.1) is 5.82 Å². The lowest BCUT2D eigenvalue weighted by molar-refractivity contribution is 0.102. The average Bonchev–Trinajstić information content (AvgIpc) is 3.16. The zero-order valence-electron chi connectivity index (χ0n) is 15.4. The molecule has 0 atom stereocenters. The summed E-state index contributed by atoms with van der Waals surface area (Å²) in [5.74, 6) is -1.64. The molecule has 154 valence electrons.